The zero-order valence-electron chi connectivity index (χ0n) is 15.6. The number of aromatic nitrogens is 2. The molecule has 2 aliphatic rings. The monoisotopic (exact) mass is 386 g/mol. The number of halogens is 1. The first kappa shape index (κ1) is 18.5. The van der Waals surface area contributed by atoms with E-state index in [4.69, 9.17) is 4.74 Å². The molecule has 4 rings (SSSR count). The topological polar surface area (TPSA) is 76.5 Å². The van der Waals surface area contributed by atoms with E-state index in [0.717, 1.165) is 30.7 Å². The molecule has 1 aromatic heterocycles. The number of rotatable bonds is 6. The Morgan fingerprint density at radius 1 is 1.25 bits per heavy atom. The molecular formula is C20H23FN4O3. The van der Waals surface area contributed by atoms with E-state index in [1.165, 1.54) is 18.2 Å². The summed E-state index contributed by atoms with van der Waals surface area (Å²) in [4.78, 5) is 26.3. The maximum Gasteiger partial charge on any atom is 0.258 e. The Morgan fingerprint density at radius 3 is 2.86 bits per heavy atom. The van der Waals surface area contributed by atoms with Crippen LogP contribution in [0.15, 0.2) is 30.3 Å². The molecular weight excluding hydrogens is 363 g/mol. The van der Waals surface area contributed by atoms with Crippen LogP contribution >= 0.6 is 0 Å². The van der Waals surface area contributed by atoms with Crippen molar-refractivity contribution in [2.45, 2.75) is 38.9 Å². The molecule has 1 aliphatic heterocycles. The Balaban J connectivity index is 1.26. The van der Waals surface area contributed by atoms with Crippen LogP contribution in [0.2, 0.25) is 0 Å². The van der Waals surface area contributed by atoms with E-state index in [1.807, 2.05) is 15.6 Å². The zero-order valence-corrected chi connectivity index (χ0v) is 15.6. The van der Waals surface area contributed by atoms with Crippen molar-refractivity contribution in [2.24, 2.45) is 5.92 Å². The second kappa shape index (κ2) is 8.00. The van der Waals surface area contributed by atoms with Crippen LogP contribution in [0.4, 0.5) is 4.39 Å². The number of nitrogens with zero attached hydrogens (tertiary/aromatic N) is 3. The van der Waals surface area contributed by atoms with E-state index in [-0.39, 0.29) is 30.9 Å². The van der Waals surface area contributed by atoms with Crippen molar-refractivity contribution in [3.05, 3.63) is 47.5 Å². The lowest BCUT2D eigenvalue weighted by Gasteiger charge is -2.34. The third-order valence-electron chi connectivity index (χ3n) is 5.25. The van der Waals surface area contributed by atoms with Gasteiger partial charge in [-0.25, -0.2) is 4.39 Å². The third-order valence-corrected chi connectivity index (χ3v) is 5.25. The van der Waals surface area contributed by atoms with E-state index in [2.05, 4.69) is 10.4 Å². The summed E-state index contributed by atoms with van der Waals surface area (Å²) in [6.45, 7) is 2.00. The predicted molar refractivity (Wildman–Crippen MR) is 98.7 cm³/mol. The average Bonchev–Trinajstić information content (AvgIpc) is 3.05. The van der Waals surface area contributed by atoms with Crippen molar-refractivity contribution in [3.8, 4) is 5.75 Å². The molecule has 2 heterocycles. The number of amides is 2. The minimum absolute atomic E-state index is 0.194. The number of carbonyl (C=O) groups excluding carboxylic acids is 2. The van der Waals surface area contributed by atoms with Crippen LogP contribution in [0.1, 0.15) is 30.7 Å². The largest absolute Gasteiger partial charge is 0.484 e. The summed E-state index contributed by atoms with van der Waals surface area (Å²) in [7, 11) is 0. The van der Waals surface area contributed by atoms with E-state index in [1.54, 1.807) is 6.07 Å². The lowest BCUT2D eigenvalue weighted by atomic mass is 9.84. The molecule has 28 heavy (non-hydrogen) atoms. The van der Waals surface area contributed by atoms with Gasteiger partial charge in [0.05, 0.1) is 31.0 Å². The number of hydrogen-bond acceptors (Lipinski definition) is 4. The van der Waals surface area contributed by atoms with Crippen LogP contribution < -0.4 is 10.1 Å². The molecule has 7 nitrogen and oxygen atoms in total. The summed E-state index contributed by atoms with van der Waals surface area (Å²) in [5.74, 6) is 0.0431. The van der Waals surface area contributed by atoms with Crippen LogP contribution in [0, 0.1) is 11.7 Å². The van der Waals surface area contributed by atoms with Crippen molar-refractivity contribution in [1.29, 1.82) is 0 Å². The van der Waals surface area contributed by atoms with Crippen LogP contribution in [-0.2, 0) is 29.2 Å². The Hall–Kier alpha value is -2.90. The molecule has 0 spiro atoms. The van der Waals surface area contributed by atoms with Gasteiger partial charge in [-0.2, -0.15) is 5.10 Å². The SMILES string of the molecule is O=C(COc1cccc(F)c1)NCc1cc2n(n1)CCN(C(=O)C1CCC1)C2. The maximum absolute atomic E-state index is 13.1. The van der Waals surface area contributed by atoms with Crippen LogP contribution in [-0.4, -0.2) is 39.6 Å². The fraction of sp³-hybridized carbons (Fsp3) is 0.450. The number of fused-ring (bicyclic) bond motifs is 1. The fourth-order valence-corrected chi connectivity index (χ4v) is 3.46. The molecule has 8 heteroatoms. The predicted octanol–water partition coefficient (Wildman–Crippen LogP) is 1.86. The summed E-state index contributed by atoms with van der Waals surface area (Å²) in [6, 6.07) is 7.59. The van der Waals surface area contributed by atoms with E-state index in [9.17, 15) is 14.0 Å². The Labute approximate surface area is 162 Å². The van der Waals surface area contributed by atoms with Gasteiger partial charge >= 0.3 is 0 Å². The smallest absolute Gasteiger partial charge is 0.258 e. The molecule has 2 aromatic rings. The van der Waals surface area contributed by atoms with Crippen molar-refractivity contribution in [2.75, 3.05) is 13.2 Å². The summed E-state index contributed by atoms with van der Waals surface area (Å²) in [5, 5.41) is 7.25. The van der Waals surface area contributed by atoms with Gasteiger partial charge in [0.15, 0.2) is 6.61 Å². The van der Waals surface area contributed by atoms with Crippen molar-refractivity contribution >= 4 is 11.8 Å². The molecule has 0 saturated heterocycles. The first-order chi connectivity index (χ1) is 13.6. The van der Waals surface area contributed by atoms with Gasteiger partial charge < -0.3 is 15.0 Å². The standard InChI is InChI=1S/C20H23FN4O3/c21-15-5-2-6-18(9-15)28-13-19(26)22-11-16-10-17-12-24(7-8-25(17)23-16)20(27)14-3-1-4-14/h2,5-6,9-10,14H,1,3-4,7-8,11-13H2,(H,22,26). The molecule has 148 valence electrons. The summed E-state index contributed by atoms with van der Waals surface area (Å²) in [6.07, 6.45) is 3.15. The van der Waals surface area contributed by atoms with Gasteiger partial charge in [-0.15, -0.1) is 0 Å². The Bertz CT molecular complexity index is 878. The van der Waals surface area contributed by atoms with Crippen molar-refractivity contribution in [1.82, 2.24) is 20.0 Å². The second-order valence-corrected chi connectivity index (χ2v) is 7.26. The summed E-state index contributed by atoms with van der Waals surface area (Å²) < 4.78 is 20.3. The highest BCUT2D eigenvalue weighted by Crippen LogP contribution is 2.29. The third kappa shape index (κ3) is 4.16. The molecule has 1 N–H and O–H groups in total. The van der Waals surface area contributed by atoms with E-state index >= 15 is 0 Å². The van der Waals surface area contributed by atoms with Crippen molar-refractivity contribution < 1.29 is 18.7 Å². The average molecular weight is 386 g/mol. The lowest BCUT2D eigenvalue weighted by molar-refractivity contribution is -0.139. The zero-order chi connectivity index (χ0) is 19.5. The van der Waals surface area contributed by atoms with Gasteiger partial charge in [-0.3, -0.25) is 14.3 Å². The van der Waals surface area contributed by atoms with Crippen molar-refractivity contribution in [3.63, 3.8) is 0 Å². The molecule has 1 fully saturated rings. The molecule has 2 amide bonds. The van der Waals surface area contributed by atoms with Gasteiger partial charge in [0.25, 0.3) is 5.91 Å². The molecule has 0 atom stereocenters. The second-order valence-electron chi connectivity index (χ2n) is 7.26. The molecule has 0 radical (unpaired) electrons. The van der Waals surface area contributed by atoms with Gasteiger partial charge in [0.1, 0.15) is 11.6 Å². The molecule has 1 saturated carbocycles. The molecule has 0 unspecified atom stereocenters. The van der Waals surface area contributed by atoms with Gasteiger partial charge in [0, 0.05) is 18.5 Å². The Morgan fingerprint density at radius 2 is 2.11 bits per heavy atom. The molecule has 0 bridgehead atoms. The minimum Gasteiger partial charge on any atom is -0.484 e. The number of carbonyl (C=O) groups is 2. The van der Waals surface area contributed by atoms with Crippen LogP contribution in [0.25, 0.3) is 0 Å². The van der Waals surface area contributed by atoms with Gasteiger partial charge in [0.2, 0.25) is 5.91 Å². The number of hydrogen-bond donors (Lipinski definition) is 1. The lowest BCUT2D eigenvalue weighted by Crippen LogP contribution is -2.43. The Kier molecular flexibility index (Phi) is 5.27. The number of benzene rings is 1. The minimum atomic E-state index is -0.411. The van der Waals surface area contributed by atoms with Gasteiger partial charge in [-0.05, 0) is 31.0 Å². The number of ether oxygens (including phenoxy) is 1. The normalized spacial score (nSPS) is 16.2. The van der Waals surface area contributed by atoms with E-state index < -0.39 is 5.82 Å². The van der Waals surface area contributed by atoms with Gasteiger partial charge in [-0.1, -0.05) is 12.5 Å². The number of nitrogens with one attached hydrogen (secondary N) is 1. The highest BCUT2D eigenvalue weighted by Gasteiger charge is 2.31. The first-order valence-electron chi connectivity index (χ1n) is 9.58. The van der Waals surface area contributed by atoms with E-state index in [0.29, 0.717) is 25.4 Å². The molecule has 1 aliphatic carbocycles. The highest BCUT2D eigenvalue weighted by molar-refractivity contribution is 5.79. The first-order valence-corrected chi connectivity index (χ1v) is 9.58. The van der Waals surface area contributed by atoms with Crippen LogP contribution in [0.5, 0.6) is 5.75 Å². The molecule has 1 aromatic carbocycles. The highest BCUT2D eigenvalue weighted by atomic mass is 19.1. The van der Waals surface area contributed by atoms with Crippen LogP contribution in [0.3, 0.4) is 0 Å². The quantitative estimate of drug-likeness (QED) is 0.822. The summed E-state index contributed by atoms with van der Waals surface area (Å²) in [5.41, 5.74) is 1.73. The fourth-order valence-electron chi connectivity index (χ4n) is 3.46. The maximum atomic E-state index is 13.1. The summed E-state index contributed by atoms with van der Waals surface area (Å²) >= 11 is 0.